The molecule has 4 heteroatoms. The molecule has 0 aromatic heterocycles. The third-order valence-electron chi connectivity index (χ3n) is 3.21. The smallest absolute Gasteiger partial charge is 0.119 e. The van der Waals surface area contributed by atoms with E-state index in [1.165, 1.54) is 5.56 Å². The van der Waals surface area contributed by atoms with Gasteiger partial charge < -0.3 is 10.5 Å². The summed E-state index contributed by atoms with van der Waals surface area (Å²) >= 11 is 5.85. The van der Waals surface area contributed by atoms with Crippen LogP contribution in [0.1, 0.15) is 18.4 Å². The van der Waals surface area contributed by atoms with E-state index in [-0.39, 0.29) is 18.5 Å². The van der Waals surface area contributed by atoms with Crippen molar-refractivity contribution < 1.29 is 4.74 Å². The number of benzene rings is 2. The third-order valence-corrected chi connectivity index (χ3v) is 3.47. The molecule has 0 heterocycles. The maximum Gasteiger partial charge on any atom is 0.119 e. The topological polar surface area (TPSA) is 35.2 Å². The van der Waals surface area contributed by atoms with Gasteiger partial charge in [0.2, 0.25) is 0 Å². The first-order chi connectivity index (χ1) is 9.78. The van der Waals surface area contributed by atoms with E-state index in [9.17, 15) is 0 Å². The van der Waals surface area contributed by atoms with Gasteiger partial charge >= 0.3 is 0 Å². The first-order valence-corrected chi connectivity index (χ1v) is 7.32. The summed E-state index contributed by atoms with van der Waals surface area (Å²) in [6.07, 6.45) is 3.13. The number of rotatable bonds is 7. The zero-order chi connectivity index (χ0) is 14.2. The largest absolute Gasteiger partial charge is 0.489 e. The van der Waals surface area contributed by atoms with Crippen molar-refractivity contribution in [3.8, 4) is 5.75 Å². The highest BCUT2D eigenvalue weighted by Gasteiger charge is 2.08. The average Bonchev–Trinajstić information content (AvgIpc) is 2.49. The molecule has 0 aliphatic carbocycles. The minimum Gasteiger partial charge on any atom is -0.489 e. The SMILES string of the molecule is Cl.NCC(CCCc1ccccc1)Oc1ccc(Cl)cc1. The van der Waals surface area contributed by atoms with Gasteiger partial charge in [-0.2, -0.15) is 0 Å². The fraction of sp³-hybridized carbons (Fsp3) is 0.294. The van der Waals surface area contributed by atoms with Crippen molar-refractivity contribution in [2.24, 2.45) is 5.73 Å². The Morgan fingerprint density at radius 2 is 1.67 bits per heavy atom. The van der Waals surface area contributed by atoms with Crippen molar-refractivity contribution in [3.05, 3.63) is 65.2 Å². The predicted molar refractivity (Wildman–Crippen MR) is 91.6 cm³/mol. The highest BCUT2D eigenvalue weighted by atomic mass is 35.5. The van der Waals surface area contributed by atoms with Gasteiger partial charge in [0.1, 0.15) is 11.9 Å². The maximum absolute atomic E-state index is 5.87. The van der Waals surface area contributed by atoms with E-state index in [1.54, 1.807) is 0 Å². The molecule has 2 N–H and O–H groups in total. The first kappa shape index (κ1) is 17.8. The molecule has 1 unspecified atom stereocenters. The molecule has 0 saturated heterocycles. The van der Waals surface area contributed by atoms with Crippen LogP contribution in [-0.4, -0.2) is 12.6 Å². The van der Waals surface area contributed by atoms with E-state index in [1.807, 2.05) is 30.3 Å². The van der Waals surface area contributed by atoms with Gasteiger partial charge in [-0.05, 0) is 49.1 Å². The number of aryl methyl sites for hydroxylation is 1. The molecule has 0 spiro atoms. The van der Waals surface area contributed by atoms with E-state index in [4.69, 9.17) is 22.1 Å². The van der Waals surface area contributed by atoms with Gasteiger partial charge in [-0.1, -0.05) is 41.9 Å². The van der Waals surface area contributed by atoms with Crippen LogP contribution in [-0.2, 0) is 6.42 Å². The lowest BCUT2D eigenvalue weighted by Gasteiger charge is -2.17. The second kappa shape index (κ2) is 9.67. The van der Waals surface area contributed by atoms with Crippen molar-refractivity contribution in [1.82, 2.24) is 0 Å². The Bertz CT molecular complexity index is 502. The van der Waals surface area contributed by atoms with Gasteiger partial charge in [-0.25, -0.2) is 0 Å². The number of ether oxygens (including phenoxy) is 1. The second-order valence-electron chi connectivity index (χ2n) is 4.81. The number of halogens is 2. The molecule has 0 radical (unpaired) electrons. The molecule has 2 aromatic rings. The molecule has 0 fully saturated rings. The molecule has 114 valence electrons. The van der Waals surface area contributed by atoms with Crippen LogP contribution in [0.4, 0.5) is 0 Å². The lowest BCUT2D eigenvalue weighted by molar-refractivity contribution is 0.196. The van der Waals surface area contributed by atoms with Gasteiger partial charge in [-0.15, -0.1) is 12.4 Å². The van der Waals surface area contributed by atoms with Crippen LogP contribution >= 0.6 is 24.0 Å². The maximum atomic E-state index is 5.87. The summed E-state index contributed by atoms with van der Waals surface area (Å²) in [5, 5.41) is 0.714. The van der Waals surface area contributed by atoms with Gasteiger partial charge in [-0.3, -0.25) is 0 Å². The average molecular weight is 326 g/mol. The molecule has 0 aliphatic heterocycles. The molecule has 0 bridgehead atoms. The fourth-order valence-corrected chi connectivity index (χ4v) is 2.24. The highest BCUT2D eigenvalue weighted by molar-refractivity contribution is 6.30. The second-order valence-corrected chi connectivity index (χ2v) is 5.24. The van der Waals surface area contributed by atoms with Crippen molar-refractivity contribution in [3.63, 3.8) is 0 Å². The Hall–Kier alpha value is -1.22. The zero-order valence-corrected chi connectivity index (χ0v) is 13.4. The Labute approximate surface area is 137 Å². The summed E-state index contributed by atoms with van der Waals surface area (Å²) in [6.45, 7) is 0.525. The Balaban J connectivity index is 0.00000220. The van der Waals surface area contributed by atoms with Crippen LogP contribution in [0.2, 0.25) is 5.02 Å². The molecule has 0 aliphatic rings. The predicted octanol–water partition coefficient (Wildman–Crippen LogP) is 4.49. The number of hydrogen-bond acceptors (Lipinski definition) is 2. The summed E-state index contributed by atoms with van der Waals surface area (Å²) in [6, 6.07) is 17.9. The normalized spacial score (nSPS) is 11.5. The van der Waals surface area contributed by atoms with E-state index < -0.39 is 0 Å². The monoisotopic (exact) mass is 325 g/mol. The number of nitrogens with two attached hydrogens (primary N) is 1. The molecule has 1 atom stereocenters. The van der Waals surface area contributed by atoms with Crippen LogP contribution in [0.3, 0.4) is 0 Å². The lowest BCUT2D eigenvalue weighted by atomic mass is 10.1. The molecule has 2 aromatic carbocycles. The van der Waals surface area contributed by atoms with E-state index >= 15 is 0 Å². The Morgan fingerprint density at radius 3 is 2.29 bits per heavy atom. The molecule has 21 heavy (non-hydrogen) atoms. The van der Waals surface area contributed by atoms with Crippen molar-refractivity contribution in [1.29, 1.82) is 0 Å². The van der Waals surface area contributed by atoms with Gasteiger partial charge in [0.15, 0.2) is 0 Å². The Kier molecular flexibility index (Phi) is 8.21. The summed E-state index contributed by atoms with van der Waals surface area (Å²) in [7, 11) is 0. The molecule has 0 amide bonds. The minimum absolute atomic E-state index is 0. The summed E-state index contributed by atoms with van der Waals surface area (Å²) in [5.41, 5.74) is 7.14. The van der Waals surface area contributed by atoms with E-state index in [2.05, 4.69) is 24.3 Å². The highest BCUT2D eigenvalue weighted by Crippen LogP contribution is 2.18. The summed E-state index contributed by atoms with van der Waals surface area (Å²) in [4.78, 5) is 0. The third kappa shape index (κ3) is 6.38. The fourth-order valence-electron chi connectivity index (χ4n) is 2.11. The molecule has 2 rings (SSSR count). The lowest BCUT2D eigenvalue weighted by Crippen LogP contribution is -2.26. The standard InChI is InChI=1S/C17H20ClNO.ClH/c18-15-9-11-16(12-10-15)20-17(13-19)8-4-7-14-5-2-1-3-6-14;/h1-3,5-6,9-12,17H,4,7-8,13,19H2;1H. The van der Waals surface area contributed by atoms with Crippen molar-refractivity contribution >= 4 is 24.0 Å². The van der Waals surface area contributed by atoms with E-state index in [0.29, 0.717) is 11.6 Å². The van der Waals surface area contributed by atoms with Crippen molar-refractivity contribution in [2.75, 3.05) is 6.54 Å². The van der Waals surface area contributed by atoms with E-state index in [0.717, 1.165) is 25.0 Å². The molecule has 2 nitrogen and oxygen atoms in total. The zero-order valence-electron chi connectivity index (χ0n) is 11.9. The van der Waals surface area contributed by atoms with Crippen LogP contribution in [0.25, 0.3) is 0 Å². The summed E-state index contributed by atoms with van der Waals surface area (Å²) < 4.78 is 5.87. The summed E-state index contributed by atoms with van der Waals surface area (Å²) in [5.74, 6) is 0.824. The minimum atomic E-state index is 0. The van der Waals surface area contributed by atoms with Crippen molar-refractivity contribution in [2.45, 2.75) is 25.4 Å². The quantitative estimate of drug-likeness (QED) is 0.813. The van der Waals surface area contributed by atoms with Crippen LogP contribution < -0.4 is 10.5 Å². The van der Waals surface area contributed by atoms with Crippen LogP contribution in [0.15, 0.2) is 54.6 Å². The first-order valence-electron chi connectivity index (χ1n) is 6.94. The molecule has 0 saturated carbocycles. The van der Waals surface area contributed by atoms with Crippen LogP contribution in [0.5, 0.6) is 5.75 Å². The molecular formula is C17H21Cl2NO. The Morgan fingerprint density at radius 1 is 1.00 bits per heavy atom. The van der Waals surface area contributed by atoms with Gasteiger partial charge in [0.05, 0.1) is 0 Å². The van der Waals surface area contributed by atoms with Gasteiger partial charge in [0, 0.05) is 11.6 Å². The van der Waals surface area contributed by atoms with Crippen LogP contribution in [0, 0.1) is 0 Å². The molecular weight excluding hydrogens is 305 g/mol. The van der Waals surface area contributed by atoms with Gasteiger partial charge in [0.25, 0.3) is 0 Å². The number of hydrogen-bond donors (Lipinski definition) is 1.